The summed E-state index contributed by atoms with van der Waals surface area (Å²) >= 11 is 0. The lowest BCUT2D eigenvalue weighted by atomic mass is 9.89. The number of carbonyl (C=O) groups is 5. The molecule has 36 heavy (non-hydrogen) atoms. The van der Waals surface area contributed by atoms with Crippen LogP contribution < -0.4 is 16.0 Å². The maximum atomic E-state index is 12.2. The fourth-order valence-electron chi connectivity index (χ4n) is 3.04. The highest BCUT2D eigenvalue weighted by molar-refractivity contribution is 5.86. The van der Waals surface area contributed by atoms with Crippen molar-refractivity contribution in [2.75, 3.05) is 26.4 Å². The molecule has 0 aliphatic carbocycles. The zero-order valence-electron chi connectivity index (χ0n) is 21.5. The third-order valence-corrected chi connectivity index (χ3v) is 5.15. The van der Waals surface area contributed by atoms with E-state index < -0.39 is 47.9 Å². The van der Waals surface area contributed by atoms with E-state index in [1.54, 1.807) is 0 Å². The van der Waals surface area contributed by atoms with Gasteiger partial charge in [-0.1, -0.05) is 27.7 Å². The van der Waals surface area contributed by atoms with Gasteiger partial charge in [-0.25, -0.2) is 14.4 Å². The van der Waals surface area contributed by atoms with Crippen LogP contribution in [-0.2, 0) is 23.9 Å². The van der Waals surface area contributed by atoms with Crippen LogP contribution in [0.1, 0.15) is 66.2 Å². The Morgan fingerprint density at radius 2 is 1.33 bits per heavy atom. The van der Waals surface area contributed by atoms with Gasteiger partial charge in [-0.2, -0.15) is 0 Å². The summed E-state index contributed by atoms with van der Waals surface area (Å²) in [5, 5.41) is 43.3. The molecule has 7 N–H and O–H groups in total. The molecule has 0 fully saturated rings. The lowest BCUT2D eigenvalue weighted by molar-refractivity contribution is -0.140. The van der Waals surface area contributed by atoms with Crippen LogP contribution in [0.5, 0.6) is 0 Å². The van der Waals surface area contributed by atoms with Gasteiger partial charge in [-0.3, -0.25) is 9.59 Å². The maximum Gasteiger partial charge on any atom is 0.326 e. The molecule has 0 aliphatic heterocycles. The van der Waals surface area contributed by atoms with E-state index in [1.165, 1.54) is 0 Å². The highest BCUT2D eigenvalue weighted by atomic mass is 16.5. The monoisotopic (exact) mass is 519 g/mol. The number of unbranched alkanes of at least 4 members (excludes halogenated alkanes) is 1. The first-order valence-corrected chi connectivity index (χ1v) is 11.8. The number of hydrogen-bond acceptors (Lipinski definition) is 7. The van der Waals surface area contributed by atoms with Crippen LogP contribution in [0.15, 0.2) is 0 Å². The molecule has 0 radical (unpaired) electrons. The first kappa shape index (κ1) is 33.1. The fraction of sp³-hybridized carbons (Fsp3) is 0.783. The van der Waals surface area contributed by atoms with E-state index in [4.69, 9.17) is 14.9 Å². The number of ether oxygens (including phenoxy) is 1. The summed E-state index contributed by atoms with van der Waals surface area (Å²) in [5.41, 5.74) is -0.778. The summed E-state index contributed by atoms with van der Waals surface area (Å²) in [7, 11) is 0. The second-order valence-electron chi connectivity index (χ2n) is 10.3. The molecule has 13 heteroatoms. The number of amides is 3. The number of aliphatic hydroxyl groups excluding tert-OH is 1. The standard InChI is InChI=1S/C23H41N3O10/c1-22(2,13-36-14-23(3,4)12-27)11-17(28)24-10-6-5-7-15(19(31)32)25-21(35)26-16(20(33)34)8-9-18(29)30/h15-16,27H,5-14H2,1-4H3,(H,24,28)(H,29,30)(H,31,32)(H,33,34)(H2,25,26,35)/t15-,16-/m0/s1. The van der Waals surface area contributed by atoms with Gasteiger partial charge in [0.15, 0.2) is 0 Å². The van der Waals surface area contributed by atoms with Crippen molar-refractivity contribution in [1.82, 2.24) is 16.0 Å². The third-order valence-electron chi connectivity index (χ3n) is 5.15. The van der Waals surface area contributed by atoms with Crippen molar-refractivity contribution < 1.29 is 49.1 Å². The molecule has 208 valence electrons. The van der Waals surface area contributed by atoms with Crippen LogP contribution in [0, 0.1) is 10.8 Å². The van der Waals surface area contributed by atoms with Crippen molar-refractivity contribution in [3.8, 4) is 0 Å². The number of aliphatic hydroxyl groups is 1. The summed E-state index contributed by atoms with van der Waals surface area (Å²) in [6, 6.07) is -3.78. The maximum absolute atomic E-state index is 12.2. The van der Waals surface area contributed by atoms with Gasteiger partial charge in [0.2, 0.25) is 5.91 Å². The Bertz CT molecular complexity index is 754. The largest absolute Gasteiger partial charge is 0.481 e. The highest BCUT2D eigenvalue weighted by Crippen LogP contribution is 2.22. The third kappa shape index (κ3) is 15.9. The van der Waals surface area contributed by atoms with Crippen molar-refractivity contribution in [2.45, 2.75) is 78.3 Å². The number of urea groups is 1. The van der Waals surface area contributed by atoms with E-state index >= 15 is 0 Å². The molecule has 0 aromatic carbocycles. The molecule has 3 amide bonds. The molecule has 0 heterocycles. The van der Waals surface area contributed by atoms with E-state index in [1.807, 2.05) is 27.7 Å². The number of carboxylic acid groups (broad SMARTS) is 3. The Morgan fingerprint density at radius 3 is 1.83 bits per heavy atom. The van der Waals surface area contributed by atoms with Gasteiger partial charge in [0.05, 0.1) is 19.8 Å². The smallest absolute Gasteiger partial charge is 0.326 e. The van der Waals surface area contributed by atoms with Crippen molar-refractivity contribution in [1.29, 1.82) is 0 Å². The Labute approximate surface area is 211 Å². The number of nitrogens with one attached hydrogen (secondary N) is 3. The number of aliphatic carboxylic acids is 3. The van der Waals surface area contributed by atoms with Crippen LogP contribution in [0.4, 0.5) is 4.79 Å². The van der Waals surface area contributed by atoms with Gasteiger partial charge >= 0.3 is 23.9 Å². The van der Waals surface area contributed by atoms with Gasteiger partial charge in [0, 0.05) is 24.8 Å². The number of hydrogen-bond donors (Lipinski definition) is 7. The second-order valence-corrected chi connectivity index (χ2v) is 10.3. The second kappa shape index (κ2) is 15.9. The first-order valence-electron chi connectivity index (χ1n) is 11.8. The molecule has 0 saturated heterocycles. The van der Waals surface area contributed by atoms with E-state index in [2.05, 4.69) is 16.0 Å². The summed E-state index contributed by atoms with van der Waals surface area (Å²) in [6.45, 7) is 8.54. The normalized spacial score (nSPS) is 13.4. The Balaban J connectivity index is 4.39. The molecule has 0 aromatic rings. The first-order chi connectivity index (χ1) is 16.6. The van der Waals surface area contributed by atoms with Gasteiger partial charge in [-0.05, 0) is 31.1 Å². The van der Waals surface area contributed by atoms with Gasteiger partial charge in [0.1, 0.15) is 12.1 Å². The summed E-state index contributed by atoms with van der Waals surface area (Å²) < 4.78 is 5.65. The molecule has 13 nitrogen and oxygen atoms in total. The average molecular weight is 520 g/mol. The minimum Gasteiger partial charge on any atom is -0.481 e. The fourth-order valence-corrected chi connectivity index (χ4v) is 3.04. The minimum atomic E-state index is -1.47. The quantitative estimate of drug-likeness (QED) is 0.119. The molecule has 0 aromatic heterocycles. The molecule has 0 rings (SSSR count). The number of carboxylic acids is 3. The van der Waals surface area contributed by atoms with Crippen molar-refractivity contribution in [3.63, 3.8) is 0 Å². The number of rotatable bonds is 19. The zero-order chi connectivity index (χ0) is 27.9. The lowest BCUT2D eigenvalue weighted by Crippen LogP contribution is -2.51. The van der Waals surface area contributed by atoms with E-state index in [9.17, 15) is 34.2 Å². The van der Waals surface area contributed by atoms with Crippen molar-refractivity contribution in [2.24, 2.45) is 10.8 Å². The predicted molar refractivity (Wildman–Crippen MR) is 128 cm³/mol. The molecule has 0 bridgehead atoms. The van der Waals surface area contributed by atoms with Gasteiger partial charge in [0.25, 0.3) is 0 Å². The van der Waals surface area contributed by atoms with Crippen LogP contribution in [-0.4, -0.2) is 88.7 Å². The van der Waals surface area contributed by atoms with Crippen LogP contribution in [0.2, 0.25) is 0 Å². The van der Waals surface area contributed by atoms with Crippen LogP contribution in [0.3, 0.4) is 0 Å². The molecule has 0 spiro atoms. The summed E-state index contributed by atoms with van der Waals surface area (Å²) in [4.78, 5) is 57.4. The Morgan fingerprint density at radius 1 is 0.806 bits per heavy atom. The molecule has 0 saturated carbocycles. The number of carbonyl (C=O) groups excluding carboxylic acids is 2. The minimum absolute atomic E-state index is 0.00745. The topological polar surface area (TPSA) is 212 Å². The zero-order valence-corrected chi connectivity index (χ0v) is 21.5. The van der Waals surface area contributed by atoms with Gasteiger partial charge < -0.3 is 41.1 Å². The molecule has 0 aliphatic rings. The lowest BCUT2D eigenvalue weighted by Gasteiger charge is -2.27. The van der Waals surface area contributed by atoms with Crippen molar-refractivity contribution in [3.05, 3.63) is 0 Å². The van der Waals surface area contributed by atoms with Gasteiger partial charge in [-0.15, -0.1) is 0 Å². The van der Waals surface area contributed by atoms with E-state index in [0.717, 1.165) is 0 Å². The van der Waals surface area contributed by atoms with Crippen molar-refractivity contribution >= 4 is 29.8 Å². The summed E-state index contributed by atoms with van der Waals surface area (Å²) in [6.07, 6.45) is 0.263. The van der Waals surface area contributed by atoms with E-state index in [0.29, 0.717) is 32.6 Å². The summed E-state index contributed by atoms with van der Waals surface area (Å²) in [5.74, 6) is -4.15. The SMILES string of the molecule is CC(C)(CO)COCC(C)(C)CC(=O)NCCCC[C@H](NC(=O)N[C@@H](CCC(=O)O)C(=O)O)C(=O)O. The Hall–Kier alpha value is -2.93. The Kier molecular flexibility index (Phi) is 14.6. The van der Waals surface area contributed by atoms with Crippen LogP contribution in [0.25, 0.3) is 0 Å². The molecule has 0 unspecified atom stereocenters. The van der Waals surface area contributed by atoms with Crippen LogP contribution >= 0.6 is 0 Å². The highest BCUT2D eigenvalue weighted by Gasteiger charge is 2.26. The molecular weight excluding hydrogens is 478 g/mol. The molecule has 2 atom stereocenters. The van der Waals surface area contributed by atoms with E-state index in [-0.39, 0.29) is 37.2 Å². The predicted octanol–water partition coefficient (Wildman–Crippen LogP) is 0.795. The molecular formula is C23H41N3O10. The average Bonchev–Trinajstić information content (AvgIpc) is 2.74.